The molecule has 0 spiro atoms. The number of nitrogens with one attached hydrogen (secondary N) is 1. The lowest BCUT2D eigenvalue weighted by molar-refractivity contribution is 0.469. The molecule has 0 bridgehead atoms. The van der Waals surface area contributed by atoms with Crippen molar-refractivity contribution in [2.45, 2.75) is 32.4 Å². The number of aryl methyl sites for hydroxylation is 1. The zero-order valence-electron chi connectivity index (χ0n) is 10.2. The minimum Gasteiger partial charge on any atom is -0.508 e. The van der Waals surface area contributed by atoms with E-state index in [0.29, 0.717) is 11.8 Å². The summed E-state index contributed by atoms with van der Waals surface area (Å²) in [7, 11) is 0. The summed E-state index contributed by atoms with van der Waals surface area (Å²) in [5, 5.41) is 23.4. The maximum absolute atomic E-state index is 9.79. The SMILES string of the molecule is Cc1nnc(CNC2CCc3c(O)cccc32)s1. The summed E-state index contributed by atoms with van der Waals surface area (Å²) in [4.78, 5) is 0. The van der Waals surface area contributed by atoms with Gasteiger partial charge in [0, 0.05) is 6.04 Å². The van der Waals surface area contributed by atoms with Crippen LogP contribution in [0.5, 0.6) is 5.75 Å². The Morgan fingerprint density at radius 2 is 2.33 bits per heavy atom. The van der Waals surface area contributed by atoms with Gasteiger partial charge >= 0.3 is 0 Å². The zero-order valence-corrected chi connectivity index (χ0v) is 11.0. The van der Waals surface area contributed by atoms with Crippen LogP contribution in [0.1, 0.15) is 33.6 Å². The van der Waals surface area contributed by atoms with Gasteiger partial charge in [-0.2, -0.15) is 0 Å². The Labute approximate surface area is 110 Å². The Kier molecular flexibility index (Phi) is 3.01. The van der Waals surface area contributed by atoms with Crippen LogP contribution in [0.4, 0.5) is 0 Å². The Morgan fingerprint density at radius 3 is 3.11 bits per heavy atom. The highest BCUT2D eigenvalue weighted by atomic mass is 32.1. The maximum Gasteiger partial charge on any atom is 0.131 e. The average Bonchev–Trinajstić information content (AvgIpc) is 2.94. The number of hydrogen-bond acceptors (Lipinski definition) is 5. The van der Waals surface area contributed by atoms with Gasteiger partial charge in [0.1, 0.15) is 15.8 Å². The first kappa shape index (κ1) is 11.6. The third-order valence-electron chi connectivity index (χ3n) is 3.31. The molecule has 5 heteroatoms. The molecule has 0 saturated carbocycles. The Hall–Kier alpha value is -1.46. The van der Waals surface area contributed by atoms with Crippen molar-refractivity contribution in [1.29, 1.82) is 0 Å². The van der Waals surface area contributed by atoms with Gasteiger partial charge in [0.15, 0.2) is 0 Å². The number of phenolic OH excluding ortho intramolecular Hbond substituents is 1. The van der Waals surface area contributed by atoms with Gasteiger partial charge in [-0.25, -0.2) is 0 Å². The molecule has 1 unspecified atom stereocenters. The maximum atomic E-state index is 9.79. The van der Waals surface area contributed by atoms with Crippen molar-refractivity contribution in [1.82, 2.24) is 15.5 Å². The van der Waals surface area contributed by atoms with E-state index >= 15 is 0 Å². The van der Waals surface area contributed by atoms with E-state index < -0.39 is 0 Å². The van der Waals surface area contributed by atoms with Crippen molar-refractivity contribution in [3.8, 4) is 5.75 Å². The summed E-state index contributed by atoms with van der Waals surface area (Å²) in [5.41, 5.74) is 2.31. The fraction of sp³-hybridized carbons (Fsp3) is 0.385. The smallest absolute Gasteiger partial charge is 0.131 e. The topological polar surface area (TPSA) is 58.0 Å². The molecule has 2 aromatic rings. The van der Waals surface area contributed by atoms with Crippen molar-refractivity contribution in [2.75, 3.05) is 0 Å². The molecule has 0 radical (unpaired) electrons. The molecule has 1 aliphatic rings. The molecule has 1 aromatic carbocycles. The molecule has 0 saturated heterocycles. The van der Waals surface area contributed by atoms with Crippen molar-refractivity contribution >= 4 is 11.3 Å². The van der Waals surface area contributed by atoms with E-state index in [0.717, 1.165) is 35.0 Å². The molecule has 94 valence electrons. The number of benzene rings is 1. The molecule has 1 aromatic heterocycles. The van der Waals surface area contributed by atoms with Crippen LogP contribution in [0.3, 0.4) is 0 Å². The lowest BCUT2D eigenvalue weighted by Gasteiger charge is -2.12. The van der Waals surface area contributed by atoms with Crippen LogP contribution < -0.4 is 5.32 Å². The Morgan fingerprint density at radius 1 is 1.44 bits per heavy atom. The second kappa shape index (κ2) is 4.66. The van der Waals surface area contributed by atoms with Crippen molar-refractivity contribution < 1.29 is 5.11 Å². The number of aromatic nitrogens is 2. The number of aromatic hydroxyl groups is 1. The van der Waals surface area contributed by atoms with Gasteiger partial charge in [-0.3, -0.25) is 0 Å². The lowest BCUT2D eigenvalue weighted by Crippen LogP contribution is -2.18. The Bertz CT molecular complexity index is 567. The molecule has 0 aliphatic heterocycles. The Balaban J connectivity index is 1.71. The third kappa shape index (κ3) is 2.11. The third-order valence-corrected chi connectivity index (χ3v) is 4.15. The quantitative estimate of drug-likeness (QED) is 0.890. The van der Waals surface area contributed by atoms with Crippen LogP contribution in [0.2, 0.25) is 0 Å². The van der Waals surface area contributed by atoms with Gasteiger partial charge in [-0.05, 0) is 37.0 Å². The molecule has 3 rings (SSSR count). The molecule has 1 heterocycles. The molecular formula is C13H15N3OS. The van der Waals surface area contributed by atoms with E-state index in [1.165, 1.54) is 5.56 Å². The standard InChI is InChI=1S/C13H15N3OS/c1-8-15-16-13(18-8)7-14-11-6-5-10-9(11)3-2-4-12(10)17/h2-4,11,14,17H,5-7H2,1H3. The summed E-state index contributed by atoms with van der Waals surface area (Å²) in [6, 6.07) is 6.07. The van der Waals surface area contributed by atoms with Gasteiger partial charge in [0.25, 0.3) is 0 Å². The molecule has 18 heavy (non-hydrogen) atoms. The van der Waals surface area contributed by atoms with Crippen molar-refractivity contribution in [3.05, 3.63) is 39.3 Å². The summed E-state index contributed by atoms with van der Waals surface area (Å²) in [5.74, 6) is 0.420. The molecule has 1 aliphatic carbocycles. The highest BCUT2D eigenvalue weighted by Crippen LogP contribution is 2.36. The predicted octanol–water partition coefficient (Wildman–Crippen LogP) is 2.33. The van der Waals surface area contributed by atoms with E-state index in [-0.39, 0.29) is 0 Å². The minimum atomic E-state index is 0.316. The van der Waals surface area contributed by atoms with Gasteiger partial charge in [-0.15, -0.1) is 21.5 Å². The van der Waals surface area contributed by atoms with E-state index in [4.69, 9.17) is 0 Å². The van der Waals surface area contributed by atoms with Gasteiger partial charge < -0.3 is 10.4 Å². The first-order valence-electron chi connectivity index (χ1n) is 6.07. The van der Waals surface area contributed by atoms with Crippen LogP contribution in [0, 0.1) is 6.92 Å². The van der Waals surface area contributed by atoms with E-state index in [2.05, 4.69) is 21.6 Å². The first-order valence-corrected chi connectivity index (χ1v) is 6.89. The second-order valence-corrected chi connectivity index (χ2v) is 5.80. The van der Waals surface area contributed by atoms with Crippen LogP contribution in [-0.2, 0) is 13.0 Å². The normalized spacial score (nSPS) is 17.9. The first-order chi connectivity index (χ1) is 8.74. The zero-order chi connectivity index (χ0) is 12.5. The summed E-state index contributed by atoms with van der Waals surface area (Å²) in [6.45, 7) is 2.70. The van der Waals surface area contributed by atoms with Gasteiger partial charge in [0.05, 0.1) is 6.54 Å². The van der Waals surface area contributed by atoms with Crippen LogP contribution >= 0.6 is 11.3 Å². The van der Waals surface area contributed by atoms with Crippen molar-refractivity contribution in [2.24, 2.45) is 0 Å². The highest BCUT2D eigenvalue weighted by Gasteiger charge is 2.24. The monoisotopic (exact) mass is 261 g/mol. The van der Waals surface area contributed by atoms with Crippen LogP contribution in [-0.4, -0.2) is 15.3 Å². The molecule has 1 atom stereocenters. The number of phenols is 1. The molecule has 2 N–H and O–H groups in total. The molecule has 0 fully saturated rings. The fourth-order valence-electron chi connectivity index (χ4n) is 2.47. The predicted molar refractivity (Wildman–Crippen MR) is 70.7 cm³/mol. The fourth-order valence-corrected chi connectivity index (χ4v) is 3.13. The highest BCUT2D eigenvalue weighted by molar-refractivity contribution is 7.11. The van der Waals surface area contributed by atoms with E-state index in [1.807, 2.05) is 13.0 Å². The summed E-state index contributed by atoms with van der Waals surface area (Å²) in [6.07, 6.45) is 1.97. The summed E-state index contributed by atoms with van der Waals surface area (Å²) < 4.78 is 0. The molecular weight excluding hydrogens is 246 g/mol. The lowest BCUT2D eigenvalue weighted by atomic mass is 10.1. The molecule has 4 nitrogen and oxygen atoms in total. The second-order valence-electron chi connectivity index (χ2n) is 4.53. The van der Waals surface area contributed by atoms with Crippen LogP contribution in [0.15, 0.2) is 18.2 Å². The summed E-state index contributed by atoms with van der Waals surface area (Å²) >= 11 is 1.62. The molecule has 0 amide bonds. The van der Waals surface area contributed by atoms with E-state index in [1.54, 1.807) is 17.4 Å². The number of hydrogen-bond donors (Lipinski definition) is 2. The van der Waals surface area contributed by atoms with Gasteiger partial charge in [-0.1, -0.05) is 12.1 Å². The van der Waals surface area contributed by atoms with E-state index in [9.17, 15) is 5.11 Å². The van der Waals surface area contributed by atoms with Gasteiger partial charge in [0.2, 0.25) is 0 Å². The van der Waals surface area contributed by atoms with Crippen molar-refractivity contribution in [3.63, 3.8) is 0 Å². The number of nitrogens with zero attached hydrogens (tertiary/aromatic N) is 2. The van der Waals surface area contributed by atoms with Crippen LogP contribution in [0.25, 0.3) is 0 Å². The largest absolute Gasteiger partial charge is 0.508 e. The number of rotatable bonds is 3. The minimum absolute atomic E-state index is 0.316. The number of fused-ring (bicyclic) bond motifs is 1. The average molecular weight is 261 g/mol.